The van der Waals surface area contributed by atoms with E-state index in [0.717, 1.165) is 11.3 Å². The minimum atomic E-state index is -0.400. The monoisotopic (exact) mass is 352 g/mol. The zero-order chi connectivity index (χ0) is 14.5. The van der Waals surface area contributed by atoms with Crippen LogP contribution in [-0.2, 0) is 6.54 Å². The molecule has 6 heteroatoms. The molecular weight excluding hydrogens is 340 g/mol. The Bertz CT molecular complexity index is 617. The molecule has 0 heterocycles. The minimum Gasteiger partial charge on any atom is -0.381 e. The van der Waals surface area contributed by atoms with Crippen molar-refractivity contribution >= 4 is 39.1 Å². The van der Waals surface area contributed by atoms with Crippen LogP contribution in [0.5, 0.6) is 0 Å². The highest BCUT2D eigenvalue weighted by molar-refractivity contribution is 9.10. The first-order valence-corrected chi connectivity index (χ1v) is 7.92. The maximum atomic E-state index is 10.9. The van der Waals surface area contributed by atoms with E-state index in [1.54, 1.807) is 17.8 Å². The summed E-state index contributed by atoms with van der Waals surface area (Å²) >= 11 is 4.87. The van der Waals surface area contributed by atoms with Crippen LogP contribution in [0.3, 0.4) is 0 Å². The molecule has 0 radical (unpaired) electrons. The summed E-state index contributed by atoms with van der Waals surface area (Å²) in [7, 11) is 0. The van der Waals surface area contributed by atoms with E-state index in [1.807, 2.05) is 24.5 Å². The maximum Gasteiger partial charge on any atom is 0.285 e. The average Bonchev–Trinajstić information content (AvgIpc) is 2.46. The number of nitro benzene ring substituents is 1. The maximum absolute atomic E-state index is 10.9. The van der Waals surface area contributed by atoms with Crippen molar-refractivity contribution in [3.8, 4) is 0 Å². The van der Waals surface area contributed by atoms with E-state index in [2.05, 4.69) is 33.4 Å². The molecule has 0 spiro atoms. The van der Waals surface area contributed by atoms with Crippen LogP contribution in [0.15, 0.2) is 51.8 Å². The Morgan fingerprint density at radius 2 is 1.95 bits per heavy atom. The van der Waals surface area contributed by atoms with Crippen molar-refractivity contribution in [2.75, 3.05) is 11.6 Å². The van der Waals surface area contributed by atoms with Crippen molar-refractivity contribution in [2.45, 2.75) is 11.4 Å². The molecule has 0 aliphatic rings. The molecule has 0 fully saturated rings. The topological polar surface area (TPSA) is 55.2 Å². The van der Waals surface area contributed by atoms with Gasteiger partial charge in [0.2, 0.25) is 0 Å². The van der Waals surface area contributed by atoms with Crippen molar-refractivity contribution < 1.29 is 4.92 Å². The molecule has 2 aromatic carbocycles. The number of thioether (sulfide) groups is 1. The molecule has 0 saturated carbocycles. The summed E-state index contributed by atoms with van der Waals surface area (Å²) in [5.41, 5.74) is 1.93. The second-order valence-corrected chi connectivity index (χ2v) is 5.86. The molecular formula is C14H13BrN2O2S. The number of nitrogens with one attached hydrogen (secondary N) is 1. The Labute approximate surface area is 129 Å². The molecule has 0 aliphatic carbocycles. The third-order valence-electron chi connectivity index (χ3n) is 2.80. The zero-order valence-corrected chi connectivity index (χ0v) is 13.2. The fourth-order valence-corrected chi connectivity index (χ4v) is 2.51. The minimum absolute atomic E-state index is 0.0627. The molecule has 0 unspecified atom stereocenters. The molecule has 1 N–H and O–H groups in total. The van der Waals surface area contributed by atoms with Gasteiger partial charge in [-0.05, 0) is 52.0 Å². The summed E-state index contributed by atoms with van der Waals surface area (Å²) in [6.45, 7) is 0.632. The van der Waals surface area contributed by atoms with Crippen LogP contribution in [0.2, 0.25) is 0 Å². The molecule has 104 valence electrons. The van der Waals surface area contributed by atoms with E-state index in [9.17, 15) is 10.1 Å². The lowest BCUT2D eigenvalue weighted by Crippen LogP contribution is -2.00. The van der Waals surface area contributed by atoms with Crippen molar-refractivity contribution in [3.05, 3.63) is 62.6 Å². The number of halogens is 1. The Morgan fingerprint density at radius 3 is 2.55 bits per heavy atom. The number of nitro groups is 1. The third kappa shape index (κ3) is 3.74. The predicted octanol–water partition coefficient (Wildman–Crippen LogP) is 4.69. The van der Waals surface area contributed by atoms with Crippen LogP contribution in [0.1, 0.15) is 5.56 Å². The Hall–Kier alpha value is -1.53. The standard InChI is InChI=1S/C14H13BrN2O2S/c1-20-12-5-2-10(3-6-12)9-16-11-4-7-13(15)14(8-11)17(18)19/h2-8,16H,9H2,1H3. The summed E-state index contributed by atoms with van der Waals surface area (Å²) in [5.74, 6) is 0. The lowest BCUT2D eigenvalue weighted by molar-refractivity contribution is -0.385. The second-order valence-electron chi connectivity index (χ2n) is 4.12. The predicted molar refractivity (Wildman–Crippen MR) is 86.3 cm³/mol. The van der Waals surface area contributed by atoms with Gasteiger partial charge < -0.3 is 5.32 Å². The van der Waals surface area contributed by atoms with Gasteiger partial charge in [-0.2, -0.15) is 0 Å². The first kappa shape index (κ1) is 14.9. The number of benzene rings is 2. The Morgan fingerprint density at radius 1 is 1.25 bits per heavy atom. The molecule has 0 bridgehead atoms. The van der Waals surface area contributed by atoms with E-state index in [0.29, 0.717) is 11.0 Å². The van der Waals surface area contributed by atoms with Crippen LogP contribution in [0.25, 0.3) is 0 Å². The lowest BCUT2D eigenvalue weighted by Gasteiger charge is -2.07. The van der Waals surface area contributed by atoms with Gasteiger partial charge in [-0.3, -0.25) is 10.1 Å². The largest absolute Gasteiger partial charge is 0.381 e. The van der Waals surface area contributed by atoms with Gasteiger partial charge in [0, 0.05) is 23.2 Å². The lowest BCUT2D eigenvalue weighted by atomic mass is 10.2. The molecule has 0 atom stereocenters. The smallest absolute Gasteiger partial charge is 0.285 e. The van der Waals surface area contributed by atoms with Crippen LogP contribution in [0, 0.1) is 10.1 Å². The fourth-order valence-electron chi connectivity index (χ4n) is 1.71. The first-order chi connectivity index (χ1) is 9.60. The van der Waals surface area contributed by atoms with E-state index < -0.39 is 4.92 Å². The molecule has 20 heavy (non-hydrogen) atoms. The van der Waals surface area contributed by atoms with Gasteiger partial charge in [-0.15, -0.1) is 11.8 Å². The van der Waals surface area contributed by atoms with Gasteiger partial charge in [0.05, 0.1) is 9.40 Å². The highest BCUT2D eigenvalue weighted by Gasteiger charge is 2.11. The average molecular weight is 353 g/mol. The van der Waals surface area contributed by atoms with Gasteiger partial charge in [0.25, 0.3) is 5.69 Å². The Kier molecular flexibility index (Phi) is 5.03. The van der Waals surface area contributed by atoms with Gasteiger partial charge in [-0.1, -0.05) is 12.1 Å². The number of hydrogen-bond donors (Lipinski definition) is 1. The number of rotatable bonds is 5. The quantitative estimate of drug-likeness (QED) is 0.481. The van der Waals surface area contributed by atoms with Crippen LogP contribution in [-0.4, -0.2) is 11.2 Å². The normalized spacial score (nSPS) is 10.3. The van der Waals surface area contributed by atoms with Crippen molar-refractivity contribution in [1.29, 1.82) is 0 Å². The van der Waals surface area contributed by atoms with Crippen molar-refractivity contribution in [2.24, 2.45) is 0 Å². The van der Waals surface area contributed by atoms with Crippen molar-refractivity contribution in [3.63, 3.8) is 0 Å². The zero-order valence-electron chi connectivity index (χ0n) is 10.8. The summed E-state index contributed by atoms with van der Waals surface area (Å²) in [5, 5.41) is 14.1. The SMILES string of the molecule is CSc1ccc(CNc2ccc(Br)c([N+](=O)[O-])c2)cc1. The van der Waals surface area contributed by atoms with Gasteiger partial charge in [0.15, 0.2) is 0 Å². The number of anilines is 1. The van der Waals surface area contributed by atoms with E-state index in [-0.39, 0.29) is 5.69 Å². The number of hydrogen-bond acceptors (Lipinski definition) is 4. The summed E-state index contributed by atoms with van der Waals surface area (Å²) in [6, 6.07) is 13.2. The molecule has 0 aromatic heterocycles. The Balaban J connectivity index is 2.06. The highest BCUT2D eigenvalue weighted by Crippen LogP contribution is 2.28. The third-order valence-corrected chi connectivity index (χ3v) is 4.21. The molecule has 2 rings (SSSR count). The van der Waals surface area contributed by atoms with E-state index in [1.165, 1.54) is 11.0 Å². The van der Waals surface area contributed by atoms with Crippen LogP contribution >= 0.6 is 27.7 Å². The van der Waals surface area contributed by atoms with Gasteiger partial charge >= 0.3 is 0 Å². The summed E-state index contributed by atoms with van der Waals surface area (Å²) < 4.78 is 0.484. The van der Waals surface area contributed by atoms with Crippen molar-refractivity contribution in [1.82, 2.24) is 0 Å². The molecule has 2 aromatic rings. The molecule has 4 nitrogen and oxygen atoms in total. The first-order valence-electron chi connectivity index (χ1n) is 5.91. The van der Waals surface area contributed by atoms with Gasteiger partial charge in [0.1, 0.15) is 0 Å². The fraction of sp³-hybridized carbons (Fsp3) is 0.143. The van der Waals surface area contributed by atoms with Crippen LogP contribution < -0.4 is 5.32 Å². The summed E-state index contributed by atoms with van der Waals surface area (Å²) in [4.78, 5) is 11.7. The highest BCUT2D eigenvalue weighted by atomic mass is 79.9. The molecule has 0 amide bonds. The van der Waals surface area contributed by atoms with Crippen LogP contribution in [0.4, 0.5) is 11.4 Å². The molecule has 0 aliphatic heterocycles. The summed E-state index contributed by atoms with van der Waals surface area (Å²) in [6.07, 6.45) is 2.04. The van der Waals surface area contributed by atoms with Gasteiger partial charge in [-0.25, -0.2) is 0 Å². The second kappa shape index (κ2) is 6.76. The van der Waals surface area contributed by atoms with E-state index in [4.69, 9.17) is 0 Å². The number of nitrogens with zero attached hydrogens (tertiary/aromatic N) is 1. The molecule has 0 saturated heterocycles. The van der Waals surface area contributed by atoms with E-state index >= 15 is 0 Å².